The Morgan fingerprint density at radius 2 is 1.97 bits per heavy atom. The number of likely N-dealkylation sites (tertiary alicyclic amines) is 1. The van der Waals surface area contributed by atoms with Crippen LogP contribution in [0.15, 0.2) is 47.6 Å². The molecule has 0 bridgehead atoms. The summed E-state index contributed by atoms with van der Waals surface area (Å²) in [7, 11) is 0. The lowest BCUT2D eigenvalue weighted by Crippen LogP contribution is -2.51. The van der Waals surface area contributed by atoms with Gasteiger partial charge in [-0.05, 0) is 49.2 Å². The van der Waals surface area contributed by atoms with E-state index in [1.807, 2.05) is 18.2 Å². The summed E-state index contributed by atoms with van der Waals surface area (Å²) < 4.78 is 0. The van der Waals surface area contributed by atoms with Gasteiger partial charge in [0, 0.05) is 17.5 Å². The molecular weight excluding hydrogens is 425 g/mol. The first-order valence-electron chi connectivity index (χ1n) is 9.71. The maximum Gasteiger partial charge on any atom is 0.241 e. The second-order valence-electron chi connectivity index (χ2n) is 7.13. The minimum absolute atomic E-state index is 0.00516. The Morgan fingerprint density at radius 3 is 2.63 bits per heavy atom. The van der Waals surface area contributed by atoms with Gasteiger partial charge in [0.1, 0.15) is 5.15 Å². The van der Waals surface area contributed by atoms with E-state index in [4.69, 9.17) is 28.7 Å². The first-order valence-corrected chi connectivity index (χ1v) is 10.5. The molecule has 1 aliphatic rings. The number of carbonyl (C=O) groups is 1. The second kappa shape index (κ2) is 11.2. The number of benzene rings is 1. The van der Waals surface area contributed by atoms with Gasteiger partial charge in [0.05, 0.1) is 18.3 Å². The second-order valence-corrected chi connectivity index (χ2v) is 7.88. The minimum atomic E-state index is -0.668. The van der Waals surface area contributed by atoms with Gasteiger partial charge >= 0.3 is 0 Å². The quantitative estimate of drug-likeness (QED) is 0.272. The highest BCUT2D eigenvalue weighted by molar-refractivity contribution is 6.34. The van der Waals surface area contributed by atoms with Crippen LogP contribution in [0.4, 0.5) is 5.69 Å². The molecule has 1 fully saturated rings. The van der Waals surface area contributed by atoms with Crippen molar-refractivity contribution in [1.29, 1.82) is 0 Å². The Morgan fingerprint density at radius 1 is 1.23 bits per heavy atom. The van der Waals surface area contributed by atoms with E-state index >= 15 is 0 Å². The molecule has 30 heavy (non-hydrogen) atoms. The molecule has 0 saturated carbocycles. The lowest BCUT2D eigenvalue weighted by atomic mass is 10.0. The van der Waals surface area contributed by atoms with Crippen LogP contribution in [0.25, 0.3) is 10.4 Å². The van der Waals surface area contributed by atoms with Crippen molar-refractivity contribution in [2.45, 2.75) is 31.5 Å². The molecule has 3 rings (SSSR count). The fraction of sp³-hybridized carbons (Fsp3) is 0.400. The van der Waals surface area contributed by atoms with Crippen LogP contribution in [0.1, 0.15) is 18.4 Å². The Balaban J connectivity index is 1.55. The summed E-state index contributed by atoms with van der Waals surface area (Å²) in [6, 6.07) is 13.0. The van der Waals surface area contributed by atoms with E-state index in [2.05, 4.69) is 42.7 Å². The van der Waals surface area contributed by atoms with E-state index in [-0.39, 0.29) is 28.8 Å². The third-order valence-corrected chi connectivity index (χ3v) is 5.49. The summed E-state index contributed by atoms with van der Waals surface area (Å²) in [6.45, 7) is 2.77. The number of aromatic nitrogens is 1. The summed E-state index contributed by atoms with van der Waals surface area (Å²) in [5, 5.41) is 9.99. The highest BCUT2D eigenvalue weighted by Gasteiger charge is 2.25. The first-order chi connectivity index (χ1) is 14.5. The molecule has 0 radical (unpaired) electrons. The zero-order valence-electron chi connectivity index (χ0n) is 16.3. The van der Waals surface area contributed by atoms with Crippen LogP contribution in [0.5, 0.6) is 0 Å². The van der Waals surface area contributed by atoms with Crippen molar-refractivity contribution < 1.29 is 4.79 Å². The maximum atomic E-state index is 12.7. The number of nitrogens with one attached hydrogen (secondary N) is 2. The molecule has 1 aliphatic heterocycles. The number of piperidine rings is 1. The number of pyridine rings is 1. The number of rotatable bonds is 8. The molecule has 158 valence electrons. The fourth-order valence-corrected chi connectivity index (χ4v) is 3.83. The van der Waals surface area contributed by atoms with Gasteiger partial charge in [-0.2, -0.15) is 0 Å². The van der Waals surface area contributed by atoms with Gasteiger partial charge in [-0.3, -0.25) is 9.69 Å². The average Bonchev–Trinajstić information content (AvgIpc) is 2.75. The normalized spacial score (nSPS) is 15.9. The predicted octanol–water partition coefficient (Wildman–Crippen LogP) is 4.26. The van der Waals surface area contributed by atoms with Crippen LogP contribution >= 0.6 is 23.2 Å². The fourth-order valence-electron chi connectivity index (χ4n) is 3.44. The van der Waals surface area contributed by atoms with Crippen LogP contribution in [0.2, 0.25) is 10.3 Å². The number of hydrogen-bond acceptors (Lipinski definition) is 5. The molecule has 0 unspecified atom stereocenters. The molecule has 1 aromatic heterocycles. The Kier molecular flexibility index (Phi) is 8.30. The van der Waals surface area contributed by atoms with Crippen molar-refractivity contribution in [3.8, 4) is 0 Å². The number of amides is 1. The molecule has 2 N–H and O–H groups in total. The average molecular weight is 448 g/mol. The van der Waals surface area contributed by atoms with Crippen LogP contribution in [-0.2, 0) is 11.3 Å². The van der Waals surface area contributed by atoms with Crippen LogP contribution in [0, 0.1) is 0 Å². The van der Waals surface area contributed by atoms with Crippen LogP contribution in [0.3, 0.4) is 0 Å². The highest BCUT2D eigenvalue weighted by atomic mass is 35.5. The van der Waals surface area contributed by atoms with Crippen molar-refractivity contribution in [2.75, 3.05) is 25.0 Å². The smallest absolute Gasteiger partial charge is 0.241 e. The molecule has 8 nitrogen and oxygen atoms in total. The van der Waals surface area contributed by atoms with Gasteiger partial charge in [-0.25, -0.2) is 4.98 Å². The van der Waals surface area contributed by atoms with E-state index < -0.39 is 6.04 Å². The van der Waals surface area contributed by atoms with E-state index in [0.29, 0.717) is 5.69 Å². The maximum absolute atomic E-state index is 12.7. The Hall–Kier alpha value is -2.35. The van der Waals surface area contributed by atoms with Crippen molar-refractivity contribution in [3.05, 3.63) is 68.8 Å². The summed E-state index contributed by atoms with van der Waals surface area (Å²) >= 11 is 11.8. The number of anilines is 1. The third kappa shape index (κ3) is 6.58. The third-order valence-electron chi connectivity index (χ3n) is 4.99. The Labute approximate surface area is 185 Å². The van der Waals surface area contributed by atoms with Crippen molar-refractivity contribution in [3.63, 3.8) is 0 Å². The summed E-state index contributed by atoms with van der Waals surface area (Å²) in [4.78, 5) is 21.8. The van der Waals surface area contributed by atoms with Gasteiger partial charge in [-0.15, -0.1) is 0 Å². The van der Waals surface area contributed by atoms with E-state index in [0.717, 1.165) is 32.5 Å². The van der Waals surface area contributed by atoms with E-state index in [1.165, 1.54) is 5.56 Å². The predicted molar refractivity (Wildman–Crippen MR) is 119 cm³/mol. The molecule has 1 amide bonds. The summed E-state index contributed by atoms with van der Waals surface area (Å²) in [5.74, 6) is -0.333. The first kappa shape index (κ1) is 22.3. The van der Waals surface area contributed by atoms with Gasteiger partial charge < -0.3 is 10.6 Å². The summed E-state index contributed by atoms with van der Waals surface area (Å²) in [6.07, 6.45) is 1.80. The zero-order valence-corrected chi connectivity index (χ0v) is 17.9. The molecule has 2 heterocycles. The topological polar surface area (TPSA) is 106 Å². The molecule has 1 saturated heterocycles. The van der Waals surface area contributed by atoms with Gasteiger partial charge in [-0.1, -0.05) is 58.6 Å². The summed E-state index contributed by atoms with van der Waals surface area (Å²) in [5.41, 5.74) is 10.3. The number of hydrogen-bond donors (Lipinski definition) is 2. The molecule has 1 atom stereocenters. The minimum Gasteiger partial charge on any atom is -0.322 e. The molecule has 0 aliphatic carbocycles. The molecule has 10 heteroatoms. The van der Waals surface area contributed by atoms with Crippen LogP contribution in [-0.4, -0.2) is 47.5 Å². The number of halogens is 2. The van der Waals surface area contributed by atoms with Crippen molar-refractivity contribution in [1.82, 2.24) is 15.2 Å². The van der Waals surface area contributed by atoms with Crippen molar-refractivity contribution >= 4 is 34.8 Å². The standard InChI is InChI=1S/C20H23Cl2N7O/c21-18-7-6-16(19(22)27-18)26-20(30)17(12-24-28-23)25-15-8-10-29(11-9-15)13-14-4-2-1-3-5-14/h1-7,15,17,25H,8-13H2,(H,26,30)/t17-/m1/s1. The van der Waals surface area contributed by atoms with Gasteiger partial charge in [0.2, 0.25) is 5.91 Å². The lowest BCUT2D eigenvalue weighted by Gasteiger charge is -2.34. The highest BCUT2D eigenvalue weighted by Crippen LogP contribution is 2.22. The molecule has 1 aromatic carbocycles. The van der Waals surface area contributed by atoms with Gasteiger partial charge in [0.15, 0.2) is 5.15 Å². The van der Waals surface area contributed by atoms with Crippen LogP contribution < -0.4 is 10.6 Å². The Bertz CT molecular complexity index is 897. The molecule has 2 aromatic rings. The van der Waals surface area contributed by atoms with Crippen molar-refractivity contribution in [2.24, 2.45) is 5.11 Å². The number of nitrogens with zero attached hydrogens (tertiary/aromatic N) is 5. The molecule has 0 spiro atoms. The number of azide groups is 1. The molecular formula is C20H23Cl2N7O. The van der Waals surface area contributed by atoms with Gasteiger partial charge in [0.25, 0.3) is 0 Å². The monoisotopic (exact) mass is 447 g/mol. The van der Waals surface area contributed by atoms with E-state index in [1.54, 1.807) is 12.1 Å². The SMILES string of the molecule is [N-]=[N+]=NC[C@@H](NC1CCN(Cc2ccccc2)CC1)C(=O)Nc1ccc(Cl)nc1Cl. The van der Waals surface area contributed by atoms with E-state index in [9.17, 15) is 4.79 Å². The largest absolute Gasteiger partial charge is 0.322 e. The zero-order chi connectivity index (χ0) is 21.3. The lowest BCUT2D eigenvalue weighted by molar-refractivity contribution is -0.118. The number of carbonyl (C=O) groups excluding carboxylic acids is 1.